The summed E-state index contributed by atoms with van der Waals surface area (Å²) in [6.45, 7) is 3.21. The summed E-state index contributed by atoms with van der Waals surface area (Å²) in [5, 5.41) is 5.79. The molecule has 0 aliphatic heterocycles. The lowest BCUT2D eigenvalue weighted by Gasteiger charge is -2.21. The van der Waals surface area contributed by atoms with Crippen molar-refractivity contribution in [1.82, 2.24) is 5.32 Å². The number of halogens is 1. The van der Waals surface area contributed by atoms with Crippen molar-refractivity contribution in [3.63, 3.8) is 0 Å². The van der Waals surface area contributed by atoms with Gasteiger partial charge in [-0.05, 0) is 58.0 Å². The molecule has 0 aliphatic carbocycles. The lowest BCUT2D eigenvalue weighted by atomic mass is 10.0. The van der Waals surface area contributed by atoms with Gasteiger partial charge in [0.2, 0.25) is 0 Å². The Hall–Kier alpha value is -0.840. The molecule has 0 bridgehead atoms. The van der Waals surface area contributed by atoms with Gasteiger partial charge in [0.25, 0.3) is 0 Å². The van der Waals surface area contributed by atoms with Crippen LogP contribution in [0.5, 0.6) is 0 Å². The van der Waals surface area contributed by atoms with Crippen molar-refractivity contribution in [2.75, 3.05) is 25.5 Å². The molecule has 1 aromatic heterocycles. The van der Waals surface area contributed by atoms with Crippen LogP contribution < -0.4 is 10.2 Å². The van der Waals surface area contributed by atoms with E-state index in [4.69, 9.17) is 0 Å². The average molecular weight is 353 g/mol. The molecule has 0 spiro atoms. The van der Waals surface area contributed by atoms with Gasteiger partial charge in [-0.1, -0.05) is 19.1 Å². The van der Waals surface area contributed by atoms with Crippen LogP contribution in [0.1, 0.15) is 29.8 Å². The van der Waals surface area contributed by atoms with Crippen LogP contribution in [-0.4, -0.2) is 20.6 Å². The minimum Gasteiger partial charge on any atom is -0.378 e. The Kier molecular flexibility index (Phi) is 5.64. The molecule has 4 heteroatoms. The highest BCUT2D eigenvalue weighted by Crippen LogP contribution is 2.34. The van der Waals surface area contributed by atoms with E-state index in [1.54, 1.807) is 11.3 Å². The fourth-order valence-electron chi connectivity index (χ4n) is 2.14. The molecule has 0 amide bonds. The molecule has 0 saturated heterocycles. The van der Waals surface area contributed by atoms with E-state index >= 15 is 0 Å². The zero-order chi connectivity index (χ0) is 14.5. The fourth-order valence-corrected chi connectivity index (χ4v) is 3.85. The van der Waals surface area contributed by atoms with Crippen molar-refractivity contribution >= 4 is 33.0 Å². The Morgan fingerprint density at radius 3 is 2.70 bits per heavy atom. The molecule has 1 N–H and O–H groups in total. The van der Waals surface area contributed by atoms with E-state index in [0.29, 0.717) is 0 Å². The van der Waals surface area contributed by atoms with Gasteiger partial charge in [-0.2, -0.15) is 0 Å². The highest BCUT2D eigenvalue weighted by molar-refractivity contribution is 9.10. The van der Waals surface area contributed by atoms with E-state index in [-0.39, 0.29) is 6.04 Å². The third-order valence-electron chi connectivity index (χ3n) is 3.23. The Morgan fingerprint density at radius 2 is 2.10 bits per heavy atom. The van der Waals surface area contributed by atoms with Gasteiger partial charge in [-0.25, -0.2) is 0 Å². The third kappa shape index (κ3) is 3.62. The van der Waals surface area contributed by atoms with Crippen molar-refractivity contribution in [2.24, 2.45) is 0 Å². The van der Waals surface area contributed by atoms with Gasteiger partial charge in [0.15, 0.2) is 0 Å². The first-order chi connectivity index (χ1) is 9.63. The standard InChI is InChI=1S/C16H21BrN2S/c1-4-9-18-15(16-14(17)8-10-20-16)12-6-5-7-13(11-12)19(2)3/h5-8,10-11,15,18H,4,9H2,1-3H3. The first kappa shape index (κ1) is 15.5. The van der Waals surface area contributed by atoms with Gasteiger partial charge in [0.05, 0.1) is 6.04 Å². The normalized spacial score (nSPS) is 12.4. The minimum absolute atomic E-state index is 0.254. The van der Waals surface area contributed by atoms with Crippen LogP contribution in [-0.2, 0) is 0 Å². The quantitative estimate of drug-likeness (QED) is 0.812. The van der Waals surface area contributed by atoms with Gasteiger partial charge in [-0.3, -0.25) is 0 Å². The molecule has 0 radical (unpaired) electrons. The first-order valence-electron chi connectivity index (χ1n) is 6.87. The predicted molar refractivity (Wildman–Crippen MR) is 92.9 cm³/mol. The van der Waals surface area contributed by atoms with Gasteiger partial charge in [0.1, 0.15) is 0 Å². The number of thiophene rings is 1. The number of nitrogens with one attached hydrogen (secondary N) is 1. The third-order valence-corrected chi connectivity index (χ3v) is 5.16. The summed E-state index contributed by atoms with van der Waals surface area (Å²) in [6, 6.07) is 11.1. The number of benzene rings is 1. The topological polar surface area (TPSA) is 15.3 Å². The number of anilines is 1. The van der Waals surface area contributed by atoms with Crippen LogP contribution in [0.3, 0.4) is 0 Å². The summed E-state index contributed by atoms with van der Waals surface area (Å²) in [5.41, 5.74) is 2.55. The van der Waals surface area contributed by atoms with Crippen molar-refractivity contribution in [2.45, 2.75) is 19.4 Å². The second kappa shape index (κ2) is 7.25. The average Bonchev–Trinajstić information content (AvgIpc) is 2.86. The lowest BCUT2D eigenvalue weighted by molar-refractivity contribution is 0.604. The van der Waals surface area contributed by atoms with E-state index in [2.05, 4.69) is 82.9 Å². The summed E-state index contributed by atoms with van der Waals surface area (Å²) >= 11 is 5.46. The Balaban J connectivity index is 2.36. The Labute approximate surface area is 133 Å². The maximum Gasteiger partial charge on any atom is 0.0683 e. The molecule has 0 aliphatic rings. The smallest absolute Gasteiger partial charge is 0.0683 e. The molecule has 0 saturated carbocycles. The molecule has 2 nitrogen and oxygen atoms in total. The second-order valence-electron chi connectivity index (χ2n) is 5.01. The van der Waals surface area contributed by atoms with Crippen LogP contribution >= 0.6 is 27.3 Å². The molecule has 1 atom stereocenters. The molecule has 108 valence electrons. The van der Waals surface area contributed by atoms with E-state index in [9.17, 15) is 0 Å². The van der Waals surface area contributed by atoms with Crippen LogP contribution in [0.2, 0.25) is 0 Å². The largest absolute Gasteiger partial charge is 0.378 e. The number of rotatable bonds is 6. The molecule has 1 aromatic carbocycles. The van der Waals surface area contributed by atoms with Crippen LogP contribution in [0, 0.1) is 0 Å². The van der Waals surface area contributed by atoms with E-state index in [0.717, 1.165) is 13.0 Å². The molecule has 2 aromatic rings. The molecule has 1 unspecified atom stereocenters. The summed E-state index contributed by atoms with van der Waals surface area (Å²) < 4.78 is 1.19. The fraction of sp³-hybridized carbons (Fsp3) is 0.375. The zero-order valence-electron chi connectivity index (χ0n) is 12.2. The zero-order valence-corrected chi connectivity index (χ0v) is 14.6. The lowest BCUT2D eigenvalue weighted by Crippen LogP contribution is -2.23. The van der Waals surface area contributed by atoms with E-state index in [1.807, 2.05) is 0 Å². The summed E-state index contributed by atoms with van der Waals surface area (Å²) in [7, 11) is 4.16. The molecular weight excluding hydrogens is 332 g/mol. The van der Waals surface area contributed by atoms with Crippen LogP contribution in [0.25, 0.3) is 0 Å². The first-order valence-corrected chi connectivity index (χ1v) is 8.54. The van der Waals surface area contributed by atoms with E-state index in [1.165, 1.54) is 20.6 Å². The Morgan fingerprint density at radius 1 is 1.30 bits per heavy atom. The SMILES string of the molecule is CCCNC(c1cccc(N(C)C)c1)c1sccc1Br. The number of hydrogen-bond donors (Lipinski definition) is 1. The molecular formula is C16H21BrN2S. The highest BCUT2D eigenvalue weighted by atomic mass is 79.9. The predicted octanol–water partition coefficient (Wildman–Crippen LogP) is 4.67. The monoisotopic (exact) mass is 352 g/mol. The van der Waals surface area contributed by atoms with Crippen molar-refractivity contribution in [3.05, 3.63) is 50.6 Å². The van der Waals surface area contributed by atoms with Crippen LogP contribution in [0.15, 0.2) is 40.2 Å². The van der Waals surface area contributed by atoms with Gasteiger partial charge in [-0.15, -0.1) is 11.3 Å². The maximum atomic E-state index is 3.66. The molecule has 2 rings (SSSR count). The van der Waals surface area contributed by atoms with Crippen LogP contribution in [0.4, 0.5) is 5.69 Å². The molecule has 0 fully saturated rings. The maximum absolute atomic E-state index is 3.66. The minimum atomic E-state index is 0.254. The van der Waals surface area contributed by atoms with Gasteiger partial charge >= 0.3 is 0 Å². The van der Waals surface area contributed by atoms with Crippen molar-refractivity contribution in [3.8, 4) is 0 Å². The second-order valence-corrected chi connectivity index (χ2v) is 6.81. The van der Waals surface area contributed by atoms with Crippen molar-refractivity contribution in [1.29, 1.82) is 0 Å². The number of hydrogen-bond acceptors (Lipinski definition) is 3. The van der Waals surface area contributed by atoms with Gasteiger partial charge < -0.3 is 10.2 Å². The van der Waals surface area contributed by atoms with Crippen molar-refractivity contribution < 1.29 is 0 Å². The summed E-state index contributed by atoms with van der Waals surface area (Å²) in [5.74, 6) is 0. The summed E-state index contributed by atoms with van der Waals surface area (Å²) in [6.07, 6.45) is 1.13. The molecule has 1 heterocycles. The number of nitrogens with zero attached hydrogens (tertiary/aromatic N) is 1. The summed E-state index contributed by atoms with van der Waals surface area (Å²) in [4.78, 5) is 3.48. The Bertz CT molecular complexity index is 551. The molecule has 20 heavy (non-hydrogen) atoms. The van der Waals surface area contributed by atoms with Gasteiger partial charge in [0, 0.05) is 29.1 Å². The van der Waals surface area contributed by atoms with E-state index < -0.39 is 0 Å². The highest BCUT2D eigenvalue weighted by Gasteiger charge is 2.18.